The number of carboxylic acids is 2. The molecule has 0 bridgehead atoms. The summed E-state index contributed by atoms with van der Waals surface area (Å²) in [6.45, 7) is 0. The van der Waals surface area contributed by atoms with Crippen molar-refractivity contribution in [2.75, 3.05) is 0 Å². The van der Waals surface area contributed by atoms with Gasteiger partial charge in [0.2, 0.25) is 0 Å². The van der Waals surface area contributed by atoms with E-state index in [0.29, 0.717) is 0 Å². The van der Waals surface area contributed by atoms with Gasteiger partial charge in [0.15, 0.2) is 0 Å². The number of hydrogen-bond donors (Lipinski definition) is 3. The molecule has 0 unspecified atom stereocenters. The molecule has 0 heterocycles. The summed E-state index contributed by atoms with van der Waals surface area (Å²) >= 11 is 0. The van der Waals surface area contributed by atoms with E-state index in [4.69, 9.17) is 15.3 Å². The van der Waals surface area contributed by atoms with Crippen molar-refractivity contribution in [1.82, 2.24) is 0 Å². The molecule has 0 atom stereocenters. The zero-order valence-corrected chi connectivity index (χ0v) is 9.44. The fraction of sp³-hybridized carbons (Fsp3) is 0.0909. The van der Waals surface area contributed by atoms with Gasteiger partial charge in [-0.15, -0.1) is 0 Å². The molecular formula is C11H9NO7. The van der Waals surface area contributed by atoms with Crippen LogP contribution >= 0.6 is 0 Å². The topological polar surface area (TPSA) is 138 Å². The maximum atomic E-state index is 10.8. The fourth-order valence-corrected chi connectivity index (χ4v) is 1.35. The van der Waals surface area contributed by atoms with E-state index in [2.05, 4.69) is 0 Å². The Bertz CT molecular complexity index is 576. The van der Waals surface area contributed by atoms with Gasteiger partial charge in [-0.05, 0) is 18.2 Å². The predicted octanol–water partition coefficient (Wildman–Crippen LogP) is 1.24. The third-order valence-corrected chi connectivity index (χ3v) is 2.16. The van der Waals surface area contributed by atoms with E-state index in [9.17, 15) is 19.7 Å². The first-order valence-electron chi connectivity index (χ1n) is 4.94. The molecule has 0 spiro atoms. The van der Waals surface area contributed by atoms with Crippen molar-refractivity contribution in [2.24, 2.45) is 0 Å². The number of rotatable bonds is 5. The highest BCUT2D eigenvalue weighted by Crippen LogP contribution is 2.26. The Morgan fingerprint density at radius 3 is 2.42 bits per heavy atom. The van der Waals surface area contributed by atoms with Gasteiger partial charge in [-0.3, -0.25) is 14.9 Å². The van der Waals surface area contributed by atoms with Crippen LogP contribution in [0.3, 0.4) is 0 Å². The molecule has 1 aromatic rings. The molecule has 0 saturated carbocycles. The van der Waals surface area contributed by atoms with Gasteiger partial charge in [0.05, 0.1) is 23.0 Å². The van der Waals surface area contributed by atoms with E-state index >= 15 is 0 Å². The lowest BCUT2D eigenvalue weighted by molar-refractivity contribution is -0.385. The molecule has 0 amide bonds. The van der Waals surface area contributed by atoms with Crippen molar-refractivity contribution in [3.05, 3.63) is 39.4 Å². The second kappa shape index (κ2) is 5.63. The Morgan fingerprint density at radius 1 is 1.32 bits per heavy atom. The van der Waals surface area contributed by atoms with Crippen LogP contribution in [0.1, 0.15) is 12.0 Å². The van der Waals surface area contributed by atoms with Crippen molar-refractivity contribution in [3.63, 3.8) is 0 Å². The van der Waals surface area contributed by atoms with Crippen LogP contribution in [0.25, 0.3) is 6.08 Å². The molecular weight excluding hydrogens is 258 g/mol. The SMILES string of the molecule is O=C(O)CC(=Cc1ccc(O)cc1[N+](=O)[O-])C(=O)O. The Balaban J connectivity index is 3.31. The highest BCUT2D eigenvalue weighted by atomic mass is 16.6. The van der Waals surface area contributed by atoms with Crippen molar-refractivity contribution in [1.29, 1.82) is 0 Å². The van der Waals surface area contributed by atoms with Crippen molar-refractivity contribution in [2.45, 2.75) is 6.42 Å². The molecule has 0 saturated heterocycles. The fourth-order valence-electron chi connectivity index (χ4n) is 1.35. The molecule has 0 radical (unpaired) electrons. The Labute approximate surface area is 106 Å². The number of carboxylic acid groups (broad SMARTS) is 2. The number of benzene rings is 1. The van der Waals surface area contributed by atoms with E-state index in [-0.39, 0.29) is 11.3 Å². The summed E-state index contributed by atoms with van der Waals surface area (Å²) in [4.78, 5) is 31.3. The van der Waals surface area contributed by atoms with Crippen LogP contribution < -0.4 is 0 Å². The number of hydrogen-bond acceptors (Lipinski definition) is 5. The summed E-state index contributed by atoms with van der Waals surface area (Å²) in [5.41, 5.74) is -1.10. The summed E-state index contributed by atoms with van der Waals surface area (Å²) in [6.07, 6.45) is 0.126. The minimum absolute atomic E-state index is 0.0959. The van der Waals surface area contributed by atoms with Crippen molar-refractivity contribution < 1.29 is 29.8 Å². The molecule has 0 aromatic heterocycles. The molecule has 1 aromatic carbocycles. The smallest absolute Gasteiger partial charge is 0.332 e. The Kier molecular flexibility index (Phi) is 4.19. The third-order valence-electron chi connectivity index (χ3n) is 2.16. The Hall–Kier alpha value is -2.90. The van der Waals surface area contributed by atoms with E-state index in [1.807, 2.05) is 0 Å². The molecule has 0 fully saturated rings. The van der Waals surface area contributed by atoms with Gasteiger partial charge in [-0.2, -0.15) is 0 Å². The summed E-state index contributed by atoms with van der Waals surface area (Å²) in [7, 11) is 0. The number of nitro groups is 1. The zero-order chi connectivity index (χ0) is 14.6. The van der Waals surface area contributed by atoms with Gasteiger partial charge < -0.3 is 15.3 Å². The van der Waals surface area contributed by atoms with Gasteiger partial charge in [0.1, 0.15) is 5.75 Å². The number of phenolic OH excluding ortho intramolecular Hbond substituents is 1. The van der Waals surface area contributed by atoms with Crippen LogP contribution in [0.4, 0.5) is 5.69 Å². The molecule has 0 aliphatic heterocycles. The van der Waals surface area contributed by atoms with E-state index in [1.165, 1.54) is 0 Å². The largest absolute Gasteiger partial charge is 0.508 e. The Morgan fingerprint density at radius 2 is 1.95 bits per heavy atom. The van der Waals surface area contributed by atoms with Gasteiger partial charge in [0.25, 0.3) is 5.69 Å². The van der Waals surface area contributed by atoms with Crippen molar-refractivity contribution >= 4 is 23.7 Å². The van der Waals surface area contributed by atoms with E-state index in [0.717, 1.165) is 24.3 Å². The molecule has 0 aliphatic carbocycles. The predicted molar refractivity (Wildman–Crippen MR) is 62.6 cm³/mol. The normalized spacial score (nSPS) is 11.1. The standard InChI is InChI=1S/C11H9NO7/c13-8-2-1-6(9(5-8)12(18)19)3-7(11(16)17)4-10(14)15/h1-3,5,13H,4H2,(H,14,15)(H,16,17). The van der Waals surface area contributed by atoms with Crippen LogP contribution in [0, 0.1) is 10.1 Å². The minimum Gasteiger partial charge on any atom is -0.508 e. The molecule has 8 nitrogen and oxygen atoms in total. The third kappa shape index (κ3) is 3.80. The maximum Gasteiger partial charge on any atom is 0.332 e. The van der Waals surface area contributed by atoms with Gasteiger partial charge in [-0.1, -0.05) is 0 Å². The summed E-state index contributed by atoms with van der Waals surface area (Å²) in [5, 5.41) is 37.3. The van der Waals surface area contributed by atoms with Crippen LogP contribution in [0.15, 0.2) is 23.8 Å². The number of nitro benzene ring substituents is 1. The summed E-state index contributed by atoms with van der Waals surface area (Å²) in [5.74, 6) is -3.20. The zero-order valence-electron chi connectivity index (χ0n) is 9.44. The molecule has 0 aliphatic rings. The van der Waals surface area contributed by atoms with Gasteiger partial charge in [-0.25, -0.2) is 4.79 Å². The number of nitrogens with zero attached hydrogens (tertiary/aromatic N) is 1. The highest BCUT2D eigenvalue weighted by Gasteiger charge is 2.17. The molecule has 8 heteroatoms. The number of carbonyl (C=O) groups is 2. The number of aliphatic carboxylic acids is 2. The number of phenols is 1. The monoisotopic (exact) mass is 267 g/mol. The quantitative estimate of drug-likeness (QED) is 0.414. The summed E-state index contributed by atoms with van der Waals surface area (Å²) < 4.78 is 0. The molecule has 3 N–H and O–H groups in total. The number of aromatic hydroxyl groups is 1. The van der Waals surface area contributed by atoms with Gasteiger partial charge >= 0.3 is 11.9 Å². The lowest BCUT2D eigenvalue weighted by atomic mass is 10.1. The first kappa shape index (κ1) is 14.2. The van der Waals surface area contributed by atoms with Crippen LogP contribution in [-0.2, 0) is 9.59 Å². The second-order valence-electron chi connectivity index (χ2n) is 3.55. The minimum atomic E-state index is -1.48. The second-order valence-corrected chi connectivity index (χ2v) is 3.55. The van der Waals surface area contributed by atoms with Crippen LogP contribution in [-0.4, -0.2) is 32.2 Å². The summed E-state index contributed by atoms with van der Waals surface area (Å²) in [6, 6.07) is 3.13. The average Bonchev–Trinajstić information content (AvgIpc) is 2.29. The first-order chi connectivity index (χ1) is 8.81. The molecule has 1 rings (SSSR count). The first-order valence-corrected chi connectivity index (χ1v) is 4.94. The lowest BCUT2D eigenvalue weighted by Gasteiger charge is -2.01. The van der Waals surface area contributed by atoms with Crippen molar-refractivity contribution in [3.8, 4) is 5.75 Å². The molecule has 100 valence electrons. The van der Waals surface area contributed by atoms with Crippen LogP contribution in [0.2, 0.25) is 0 Å². The highest BCUT2D eigenvalue weighted by molar-refractivity contribution is 5.97. The van der Waals surface area contributed by atoms with E-state index in [1.54, 1.807) is 0 Å². The van der Waals surface area contributed by atoms with Gasteiger partial charge in [0, 0.05) is 5.57 Å². The maximum absolute atomic E-state index is 10.8. The van der Waals surface area contributed by atoms with Crippen LogP contribution in [0.5, 0.6) is 5.75 Å². The lowest BCUT2D eigenvalue weighted by Crippen LogP contribution is -2.06. The molecule has 19 heavy (non-hydrogen) atoms. The van der Waals surface area contributed by atoms with E-state index < -0.39 is 34.5 Å². The average molecular weight is 267 g/mol.